The van der Waals surface area contributed by atoms with Crippen molar-refractivity contribution in [1.29, 1.82) is 0 Å². The highest BCUT2D eigenvalue weighted by Crippen LogP contribution is 2.28. The summed E-state index contributed by atoms with van der Waals surface area (Å²) in [5, 5.41) is 9.11. The number of hydroxylamine groups is 1. The largest absolute Gasteiger partial charge is 0.480 e. The highest BCUT2D eigenvalue weighted by atomic mass is 32.2. The van der Waals surface area contributed by atoms with Crippen molar-refractivity contribution >= 4 is 28.4 Å². The van der Waals surface area contributed by atoms with E-state index in [9.17, 15) is 9.00 Å². The molecule has 2 aromatic heterocycles. The standard InChI is InChI=1S/C15H18N2O4S2/c1-10(2)9-12(15(18)19)17-21-23(20)14-7-6-13(22-14)11-5-3-4-8-16-11/h3-8,10,12,17H,9H2,1-2H3,(H,18,19). The van der Waals surface area contributed by atoms with Gasteiger partial charge in [0, 0.05) is 6.20 Å². The van der Waals surface area contributed by atoms with Gasteiger partial charge in [-0.1, -0.05) is 19.9 Å². The van der Waals surface area contributed by atoms with Crippen molar-refractivity contribution in [2.75, 3.05) is 0 Å². The summed E-state index contributed by atoms with van der Waals surface area (Å²) in [5.74, 6) is -0.853. The topological polar surface area (TPSA) is 88.5 Å². The fourth-order valence-electron chi connectivity index (χ4n) is 1.87. The Kier molecular flexibility index (Phi) is 6.40. The van der Waals surface area contributed by atoms with Crippen molar-refractivity contribution in [3.05, 3.63) is 36.5 Å². The molecular formula is C15H18N2O4S2. The maximum absolute atomic E-state index is 12.1. The lowest BCUT2D eigenvalue weighted by atomic mass is 10.1. The Bertz CT molecular complexity index is 673. The van der Waals surface area contributed by atoms with E-state index in [1.807, 2.05) is 38.1 Å². The molecule has 0 aliphatic carbocycles. The SMILES string of the molecule is CC(C)CC(NOS(=O)c1ccc(-c2ccccn2)s1)C(=O)O. The summed E-state index contributed by atoms with van der Waals surface area (Å²) in [7, 11) is 0. The third kappa shape index (κ3) is 5.21. The number of aromatic nitrogens is 1. The first-order chi connectivity index (χ1) is 11.0. The lowest BCUT2D eigenvalue weighted by molar-refractivity contribution is -0.142. The molecule has 8 heteroatoms. The van der Waals surface area contributed by atoms with Gasteiger partial charge in [0.25, 0.3) is 0 Å². The maximum Gasteiger partial charge on any atom is 0.323 e. The molecule has 0 aliphatic rings. The zero-order valence-corrected chi connectivity index (χ0v) is 14.4. The van der Waals surface area contributed by atoms with Crippen LogP contribution in [0.4, 0.5) is 0 Å². The van der Waals surface area contributed by atoms with Crippen LogP contribution in [0.15, 0.2) is 40.7 Å². The van der Waals surface area contributed by atoms with Crippen molar-refractivity contribution in [3.63, 3.8) is 0 Å². The average Bonchev–Trinajstić information content (AvgIpc) is 3.01. The molecule has 2 rings (SSSR count). The molecule has 0 radical (unpaired) electrons. The van der Waals surface area contributed by atoms with E-state index < -0.39 is 23.1 Å². The number of nitrogens with one attached hydrogen (secondary N) is 1. The van der Waals surface area contributed by atoms with Gasteiger partial charge >= 0.3 is 5.97 Å². The molecule has 124 valence electrons. The molecule has 0 saturated heterocycles. The number of hydrogen-bond acceptors (Lipinski definition) is 6. The van der Waals surface area contributed by atoms with Gasteiger partial charge in [0.15, 0.2) is 0 Å². The Morgan fingerprint density at radius 2 is 2.17 bits per heavy atom. The third-order valence-electron chi connectivity index (χ3n) is 2.93. The van der Waals surface area contributed by atoms with Gasteiger partial charge in [-0.25, -0.2) is 4.21 Å². The molecule has 2 aromatic rings. The molecule has 0 aromatic carbocycles. The Hall–Kier alpha value is -1.61. The molecule has 2 unspecified atom stereocenters. The van der Waals surface area contributed by atoms with Crippen LogP contribution >= 0.6 is 11.3 Å². The molecule has 2 heterocycles. The van der Waals surface area contributed by atoms with Crippen LogP contribution in [0.25, 0.3) is 10.6 Å². The first kappa shape index (κ1) is 17.7. The number of carboxylic acids is 1. The minimum atomic E-state index is -1.77. The first-order valence-corrected chi connectivity index (χ1v) is 8.95. The van der Waals surface area contributed by atoms with Gasteiger partial charge in [0.05, 0.1) is 10.6 Å². The Morgan fingerprint density at radius 3 is 2.78 bits per heavy atom. The van der Waals surface area contributed by atoms with Gasteiger partial charge in [-0.3, -0.25) is 9.78 Å². The summed E-state index contributed by atoms with van der Waals surface area (Å²) in [6.45, 7) is 3.82. The number of nitrogens with zero attached hydrogens (tertiary/aromatic N) is 1. The van der Waals surface area contributed by atoms with Gasteiger partial charge in [-0.05, 0) is 36.6 Å². The van der Waals surface area contributed by atoms with E-state index in [1.165, 1.54) is 11.3 Å². The number of aliphatic carboxylic acids is 1. The molecule has 0 spiro atoms. The molecule has 0 amide bonds. The van der Waals surface area contributed by atoms with E-state index in [2.05, 4.69) is 10.5 Å². The molecular weight excluding hydrogens is 336 g/mol. The maximum atomic E-state index is 12.1. The fourth-order valence-corrected chi connectivity index (χ4v) is 3.69. The second kappa shape index (κ2) is 8.30. The van der Waals surface area contributed by atoms with Crippen molar-refractivity contribution in [2.24, 2.45) is 5.92 Å². The summed E-state index contributed by atoms with van der Waals surface area (Å²) in [6.07, 6.45) is 2.07. The van der Waals surface area contributed by atoms with Crippen LogP contribution in [0, 0.1) is 5.92 Å². The van der Waals surface area contributed by atoms with Crippen LogP contribution in [0.3, 0.4) is 0 Å². The second-order valence-corrected chi connectivity index (χ2v) is 7.71. The average molecular weight is 354 g/mol. The second-order valence-electron chi connectivity index (χ2n) is 5.29. The Balaban J connectivity index is 1.98. The lowest BCUT2D eigenvalue weighted by Crippen LogP contribution is -2.38. The summed E-state index contributed by atoms with van der Waals surface area (Å²) < 4.78 is 17.7. The zero-order chi connectivity index (χ0) is 16.8. The van der Waals surface area contributed by atoms with Crippen LogP contribution < -0.4 is 5.48 Å². The monoisotopic (exact) mass is 354 g/mol. The van der Waals surface area contributed by atoms with E-state index in [-0.39, 0.29) is 5.92 Å². The summed E-state index contributed by atoms with van der Waals surface area (Å²) in [6, 6.07) is 8.16. The van der Waals surface area contributed by atoms with Crippen molar-refractivity contribution in [1.82, 2.24) is 10.5 Å². The van der Waals surface area contributed by atoms with Crippen LogP contribution in [0.1, 0.15) is 20.3 Å². The van der Waals surface area contributed by atoms with Crippen LogP contribution in [-0.4, -0.2) is 26.3 Å². The molecule has 2 N–H and O–H groups in total. The van der Waals surface area contributed by atoms with E-state index in [4.69, 9.17) is 9.39 Å². The molecule has 6 nitrogen and oxygen atoms in total. The van der Waals surface area contributed by atoms with Crippen LogP contribution in [-0.2, 0) is 20.2 Å². The van der Waals surface area contributed by atoms with E-state index in [0.717, 1.165) is 10.6 Å². The summed E-state index contributed by atoms with van der Waals surface area (Å²) in [5.41, 5.74) is 3.18. The van der Waals surface area contributed by atoms with Gasteiger partial charge in [0.1, 0.15) is 10.3 Å². The van der Waals surface area contributed by atoms with E-state index in [0.29, 0.717) is 10.6 Å². The minimum absolute atomic E-state index is 0.179. The number of carboxylic acid groups (broad SMARTS) is 1. The molecule has 23 heavy (non-hydrogen) atoms. The quantitative estimate of drug-likeness (QED) is 0.709. The third-order valence-corrected chi connectivity index (χ3v) is 5.21. The normalized spacial score (nSPS) is 13.9. The molecule has 0 bridgehead atoms. The summed E-state index contributed by atoms with van der Waals surface area (Å²) in [4.78, 5) is 16.2. The molecule has 2 atom stereocenters. The van der Waals surface area contributed by atoms with Gasteiger partial charge in [-0.15, -0.1) is 11.3 Å². The van der Waals surface area contributed by atoms with Gasteiger partial charge in [-0.2, -0.15) is 9.76 Å². The smallest absolute Gasteiger partial charge is 0.323 e. The number of rotatable bonds is 8. The van der Waals surface area contributed by atoms with Crippen molar-refractivity contribution < 1.29 is 18.4 Å². The van der Waals surface area contributed by atoms with Crippen LogP contribution in [0.5, 0.6) is 0 Å². The minimum Gasteiger partial charge on any atom is -0.480 e. The number of hydrogen-bond donors (Lipinski definition) is 2. The van der Waals surface area contributed by atoms with E-state index in [1.54, 1.807) is 12.3 Å². The zero-order valence-electron chi connectivity index (χ0n) is 12.8. The predicted octanol–water partition coefficient (Wildman–Crippen LogP) is 2.85. The summed E-state index contributed by atoms with van der Waals surface area (Å²) >= 11 is -0.479. The van der Waals surface area contributed by atoms with Gasteiger partial charge < -0.3 is 5.11 Å². The molecule has 0 saturated carbocycles. The van der Waals surface area contributed by atoms with E-state index >= 15 is 0 Å². The van der Waals surface area contributed by atoms with Gasteiger partial charge in [0.2, 0.25) is 11.1 Å². The Morgan fingerprint density at radius 1 is 1.39 bits per heavy atom. The molecule has 0 fully saturated rings. The highest BCUT2D eigenvalue weighted by Gasteiger charge is 2.21. The number of pyridine rings is 1. The number of thiophene rings is 1. The fraction of sp³-hybridized carbons (Fsp3) is 0.333. The lowest BCUT2D eigenvalue weighted by Gasteiger charge is -2.14. The van der Waals surface area contributed by atoms with Crippen molar-refractivity contribution in [3.8, 4) is 10.6 Å². The highest BCUT2D eigenvalue weighted by molar-refractivity contribution is 7.82. The first-order valence-electron chi connectivity index (χ1n) is 7.06. The predicted molar refractivity (Wildman–Crippen MR) is 89.1 cm³/mol. The van der Waals surface area contributed by atoms with Crippen LogP contribution in [0.2, 0.25) is 0 Å². The molecule has 0 aliphatic heterocycles. The number of carbonyl (C=O) groups is 1. The Labute approximate surface area is 141 Å². The van der Waals surface area contributed by atoms with Crippen molar-refractivity contribution in [2.45, 2.75) is 30.5 Å².